The van der Waals surface area contributed by atoms with Gasteiger partial charge in [0.25, 0.3) is 0 Å². The van der Waals surface area contributed by atoms with Gasteiger partial charge in [0.15, 0.2) is 0 Å². The highest BCUT2D eigenvalue weighted by Crippen LogP contribution is 2.49. The van der Waals surface area contributed by atoms with E-state index in [0.29, 0.717) is 0 Å². The van der Waals surface area contributed by atoms with Crippen molar-refractivity contribution in [1.82, 2.24) is 0 Å². The Bertz CT molecular complexity index is 4970. The Kier molecular flexibility index (Phi) is 9.71. The molecule has 1 nitrogen and oxygen atoms in total. The first-order chi connectivity index (χ1) is 38.2. The summed E-state index contributed by atoms with van der Waals surface area (Å²) in [5.41, 5.74) is 16.5. The van der Waals surface area contributed by atoms with Gasteiger partial charge in [-0.05, 0) is 173 Å². The molecule has 77 heavy (non-hydrogen) atoms. The highest BCUT2D eigenvalue weighted by molar-refractivity contribution is 6.26. The zero-order valence-electron chi connectivity index (χ0n) is 42.0. The van der Waals surface area contributed by atoms with Crippen molar-refractivity contribution < 1.29 is 4.42 Å². The van der Waals surface area contributed by atoms with Crippen LogP contribution in [0.15, 0.2) is 283 Å². The number of furan rings is 1. The second-order valence-corrected chi connectivity index (χ2v) is 20.6. The predicted molar refractivity (Wildman–Crippen MR) is 329 cm³/mol. The molecule has 0 aliphatic carbocycles. The van der Waals surface area contributed by atoms with E-state index < -0.39 is 0 Å². The van der Waals surface area contributed by atoms with Crippen molar-refractivity contribution in [3.63, 3.8) is 0 Å². The van der Waals surface area contributed by atoms with Crippen LogP contribution in [0.3, 0.4) is 0 Å². The molecule has 0 spiro atoms. The SMILES string of the molecule is c1ccc2c(-c3ccc(-c4c5ccccc5c(-c5cccc6ccc(-c7ccc8cccc(-c9c%10ccccc%10c(-c%10ccc%11oc%12ccccc%12c%11c%10)c%10ccccc9%10)c8c7)cc56)c5ccccc45)cc3)cccc2c1. The fourth-order valence-electron chi connectivity index (χ4n) is 13.0. The van der Waals surface area contributed by atoms with Gasteiger partial charge in [0.05, 0.1) is 0 Å². The van der Waals surface area contributed by atoms with E-state index in [4.69, 9.17) is 4.42 Å². The van der Waals surface area contributed by atoms with E-state index in [1.165, 1.54) is 142 Å². The lowest BCUT2D eigenvalue weighted by Gasteiger charge is -2.20. The summed E-state index contributed by atoms with van der Waals surface area (Å²) in [6, 6.07) is 103. The van der Waals surface area contributed by atoms with E-state index >= 15 is 0 Å². The van der Waals surface area contributed by atoms with Crippen LogP contribution >= 0.6 is 0 Å². The van der Waals surface area contributed by atoms with Crippen LogP contribution in [-0.4, -0.2) is 0 Å². The Morgan fingerprint density at radius 2 is 0.506 bits per heavy atom. The average molecular weight is 975 g/mol. The van der Waals surface area contributed by atoms with Crippen molar-refractivity contribution in [2.45, 2.75) is 0 Å². The van der Waals surface area contributed by atoms with E-state index in [2.05, 4.69) is 273 Å². The molecule has 15 aromatic carbocycles. The summed E-state index contributed by atoms with van der Waals surface area (Å²) >= 11 is 0. The lowest BCUT2D eigenvalue weighted by Crippen LogP contribution is -1.92. The molecule has 0 radical (unpaired) electrons. The van der Waals surface area contributed by atoms with Gasteiger partial charge in [0.1, 0.15) is 11.2 Å². The fraction of sp³-hybridized carbons (Fsp3) is 0. The third kappa shape index (κ3) is 6.81. The Balaban J connectivity index is 0.848. The molecular formula is C76H46O. The molecular weight excluding hydrogens is 929 g/mol. The summed E-state index contributed by atoms with van der Waals surface area (Å²) in [6.07, 6.45) is 0. The monoisotopic (exact) mass is 974 g/mol. The number of hydrogen-bond acceptors (Lipinski definition) is 1. The number of benzene rings is 15. The molecule has 0 bridgehead atoms. The van der Waals surface area contributed by atoms with Gasteiger partial charge in [0.2, 0.25) is 0 Å². The summed E-state index contributed by atoms with van der Waals surface area (Å²) in [6.45, 7) is 0. The van der Waals surface area contributed by atoms with Crippen molar-refractivity contribution in [1.29, 1.82) is 0 Å². The quantitative estimate of drug-likeness (QED) is 0.151. The van der Waals surface area contributed by atoms with E-state index in [0.717, 1.165) is 21.9 Å². The van der Waals surface area contributed by atoms with Crippen LogP contribution in [0.1, 0.15) is 0 Å². The van der Waals surface area contributed by atoms with Gasteiger partial charge in [-0.25, -0.2) is 0 Å². The summed E-state index contributed by atoms with van der Waals surface area (Å²) in [5, 5.41) is 19.6. The minimum Gasteiger partial charge on any atom is -0.456 e. The summed E-state index contributed by atoms with van der Waals surface area (Å²) in [7, 11) is 0. The fourth-order valence-corrected chi connectivity index (χ4v) is 13.0. The second kappa shape index (κ2) is 17.2. The van der Waals surface area contributed by atoms with Crippen LogP contribution in [-0.2, 0) is 0 Å². The topological polar surface area (TPSA) is 13.1 Å². The molecule has 1 aromatic heterocycles. The maximum atomic E-state index is 6.29. The smallest absolute Gasteiger partial charge is 0.135 e. The number of rotatable bonds is 6. The summed E-state index contributed by atoms with van der Waals surface area (Å²) < 4.78 is 6.29. The van der Waals surface area contributed by atoms with Gasteiger partial charge in [-0.15, -0.1) is 0 Å². The van der Waals surface area contributed by atoms with Gasteiger partial charge < -0.3 is 4.42 Å². The molecule has 0 aliphatic rings. The highest BCUT2D eigenvalue weighted by atomic mass is 16.3. The molecule has 0 amide bonds. The molecule has 16 aromatic rings. The van der Waals surface area contributed by atoms with Crippen molar-refractivity contribution in [2.24, 2.45) is 0 Å². The molecule has 1 heterocycles. The predicted octanol–water partition coefficient (Wildman–Crippen LogP) is 21.7. The second-order valence-electron chi connectivity index (χ2n) is 20.6. The zero-order chi connectivity index (χ0) is 50.6. The Labute approximate surface area is 445 Å². The van der Waals surface area contributed by atoms with Crippen molar-refractivity contribution >= 4 is 97.3 Å². The molecule has 1 heteroatoms. The van der Waals surface area contributed by atoms with Crippen LogP contribution in [0.4, 0.5) is 0 Å². The molecule has 0 aliphatic heterocycles. The normalized spacial score (nSPS) is 11.9. The summed E-state index contributed by atoms with van der Waals surface area (Å²) in [5.74, 6) is 0. The van der Waals surface area contributed by atoms with Gasteiger partial charge in [0, 0.05) is 10.8 Å². The molecule has 0 saturated carbocycles. The van der Waals surface area contributed by atoms with E-state index in [9.17, 15) is 0 Å². The molecule has 0 N–H and O–H groups in total. The van der Waals surface area contributed by atoms with Crippen LogP contribution < -0.4 is 0 Å². The largest absolute Gasteiger partial charge is 0.456 e. The minimum absolute atomic E-state index is 0.904. The Hall–Kier alpha value is -10.1. The Morgan fingerprint density at radius 1 is 0.169 bits per heavy atom. The van der Waals surface area contributed by atoms with Gasteiger partial charge >= 0.3 is 0 Å². The van der Waals surface area contributed by atoms with Crippen LogP contribution in [0.25, 0.3) is 164 Å². The van der Waals surface area contributed by atoms with Crippen molar-refractivity contribution in [3.8, 4) is 66.8 Å². The van der Waals surface area contributed by atoms with E-state index in [1.807, 2.05) is 6.07 Å². The minimum atomic E-state index is 0.904. The maximum Gasteiger partial charge on any atom is 0.135 e. The van der Waals surface area contributed by atoms with Crippen molar-refractivity contribution in [2.75, 3.05) is 0 Å². The first-order valence-corrected chi connectivity index (χ1v) is 26.6. The van der Waals surface area contributed by atoms with E-state index in [1.54, 1.807) is 0 Å². The highest BCUT2D eigenvalue weighted by Gasteiger charge is 2.22. The number of fused-ring (bicyclic) bond motifs is 10. The van der Waals surface area contributed by atoms with Gasteiger partial charge in [-0.2, -0.15) is 0 Å². The van der Waals surface area contributed by atoms with E-state index in [-0.39, 0.29) is 0 Å². The lowest BCUT2D eigenvalue weighted by molar-refractivity contribution is 0.669. The number of para-hydroxylation sites is 1. The van der Waals surface area contributed by atoms with Crippen LogP contribution in [0.2, 0.25) is 0 Å². The lowest BCUT2D eigenvalue weighted by atomic mass is 9.83. The van der Waals surface area contributed by atoms with Crippen LogP contribution in [0, 0.1) is 0 Å². The first-order valence-electron chi connectivity index (χ1n) is 26.6. The third-order valence-corrected chi connectivity index (χ3v) is 16.4. The van der Waals surface area contributed by atoms with Gasteiger partial charge in [-0.1, -0.05) is 249 Å². The zero-order valence-corrected chi connectivity index (χ0v) is 42.0. The van der Waals surface area contributed by atoms with Gasteiger partial charge in [-0.3, -0.25) is 0 Å². The van der Waals surface area contributed by atoms with Crippen molar-refractivity contribution in [3.05, 3.63) is 279 Å². The number of hydrogen-bond donors (Lipinski definition) is 0. The molecule has 0 saturated heterocycles. The Morgan fingerprint density at radius 3 is 1.03 bits per heavy atom. The molecule has 0 unspecified atom stereocenters. The maximum absolute atomic E-state index is 6.29. The first kappa shape index (κ1) is 43.3. The molecule has 356 valence electrons. The molecule has 16 rings (SSSR count). The molecule has 0 atom stereocenters. The molecule has 0 fully saturated rings. The van der Waals surface area contributed by atoms with Crippen LogP contribution in [0.5, 0.6) is 0 Å². The summed E-state index contributed by atoms with van der Waals surface area (Å²) in [4.78, 5) is 0. The average Bonchev–Trinajstić information content (AvgIpc) is 3.90. The standard InChI is InChI=1S/C76H46O/c1-2-20-55-47(16-1)17-13-30-56(55)50-34-38-51(39-35-50)73-58-22-3-7-26-62(58)75(63-27-8-4-23-59(63)73)66-31-14-18-48-36-40-52(44-68(48)66)53-41-37-49-19-15-32-67(69(49)45-53)76-64-28-9-5-24-60(64)74(61-25-6-10-29-65(61)76)54-42-43-72-70(46-54)57-21-11-12-33-71(57)77-72/h1-46H. The third-order valence-electron chi connectivity index (χ3n) is 16.4.